The Labute approximate surface area is 59.8 Å². The molecule has 0 radical (unpaired) electrons. The van der Waals surface area contributed by atoms with E-state index < -0.39 is 6.17 Å². The summed E-state index contributed by atoms with van der Waals surface area (Å²) in [5.74, 6) is -0.444. The van der Waals surface area contributed by atoms with Crippen molar-refractivity contribution in [2.75, 3.05) is 6.54 Å². The third-order valence-corrected chi connectivity index (χ3v) is 1.60. The van der Waals surface area contributed by atoms with Gasteiger partial charge in [-0.15, -0.1) is 0 Å². The van der Waals surface area contributed by atoms with Gasteiger partial charge in [0.15, 0.2) is 0 Å². The minimum atomic E-state index is -0.864. The molecule has 2 unspecified atom stereocenters. The highest BCUT2D eigenvalue weighted by Crippen LogP contribution is 2.33. The van der Waals surface area contributed by atoms with Gasteiger partial charge in [0.25, 0.3) is 0 Å². The van der Waals surface area contributed by atoms with Crippen LogP contribution >= 0.6 is 0 Å². The van der Waals surface area contributed by atoms with Crippen LogP contribution in [0.3, 0.4) is 0 Å². The molecule has 0 aromatic carbocycles. The SMILES string of the molecule is CCCNC(=O)C1CC1F. The minimum absolute atomic E-state index is 0.116. The second kappa shape index (κ2) is 2.99. The molecule has 1 N–H and O–H groups in total. The molecule has 0 heterocycles. The van der Waals surface area contributed by atoms with Crippen LogP contribution in [0.4, 0.5) is 4.39 Å². The second-order valence-corrected chi connectivity index (χ2v) is 2.65. The molecule has 1 amide bonds. The number of nitrogens with one attached hydrogen (secondary N) is 1. The standard InChI is InChI=1S/C7H12FNO/c1-2-3-9-7(10)5-4-6(5)8/h5-6H,2-4H2,1H3,(H,9,10). The van der Waals surface area contributed by atoms with Crippen LogP contribution in [-0.2, 0) is 4.79 Å². The van der Waals surface area contributed by atoms with Crippen molar-refractivity contribution in [3.8, 4) is 0 Å². The van der Waals surface area contributed by atoms with Crippen LogP contribution in [-0.4, -0.2) is 18.6 Å². The lowest BCUT2D eigenvalue weighted by Crippen LogP contribution is -2.26. The van der Waals surface area contributed by atoms with Gasteiger partial charge in [0, 0.05) is 6.54 Å². The Bertz CT molecular complexity index is 138. The van der Waals surface area contributed by atoms with Crippen LogP contribution < -0.4 is 5.32 Å². The summed E-state index contributed by atoms with van der Waals surface area (Å²) in [6, 6.07) is 0. The highest BCUT2D eigenvalue weighted by atomic mass is 19.1. The summed E-state index contributed by atoms with van der Waals surface area (Å²) in [4.78, 5) is 10.8. The van der Waals surface area contributed by atoms with Crippen molar-refractivity contribution in [1.29, 1.82) is 0 Å². The Morgan fingerprint density at radius 3 is 2.80 bits per heavy atom. The number of hydrogen-bond donors (Lipinski definition) is 1. The molecule has 2 nitrogen and oxygen atoms in total. The van der Waals surface area contributed by atoms with Crippen molar-refractivity contribution in [3.05, 3.63) is 0 Å². The number of amides is 1. The smallest absolute Gasteiger partial charge is 0.226 e. The molecule has 2 atom stereocenters. The van der Waals surface area contributed by atoms with E-state index in [0.717, 1.165) is 6.42 Å². The maximum atomic E-state index is 12.2. The van der Waals surface area contributed by atoms with Gasteiger partial charge in [0.2, 0.25) is 5.91 Å². The lowest BCUT2D eigenvalue weighted by Gasteiger charge is -1.99. The molecule has 1 saturated carbocycles. The molecule has 0 spiro atoms. The van der Waals surface area contributed by atoms with E-state index in [1.807, 2.05) is 6.92 Å². The molecule has 1 aliphatic carbocycles. The van der Waals surface area contributed by atoms with E-state index in [0.29, 0.717) is 13.0 Å². The van der Waals surface area contributed by atoms with Gasteiger partial charge in [-0.3, -0.25) is 4.79 Å². The Kier molecular flexibility index (Phi) is 2.25. The predicted octanol–water partition coefficient (Wildman–Crippen LogP) is 0.871. The summed E-state index contributed by atoms with van der Waals surface area (Å²) in [5.41, 5.74) is 0. The monoisotopic (exact) mass is 145 g/mol. The van der Waals surface area contributed by atoms with E-state index in [2.05, 4.69) is 5.32 Å². The first-order valence-corrected chi connectivity index (χ1v) is 3.67. The molecular formula is C7H12FNO. The van der Waals surface area contributed by atoms with Gasteiger partial charge in [-0.25, -0.2) is 4.39 Å². The average Bonchev–Trinajstić information content (AvgIpc) is 2.62. The highest BCUT2D eigenvalue weighted by molar-refractivity contribution is 5.81. The van der Waals surface area contributed by atoms with Gasteiger partial charge in [-0.2, -0.15) is 0 Å². The minimum Gasteiger partial charge on any atom is -0.356 e. The molecule has 10 heavy (non-hydrogen) atoms. The quantitative estimate of drug-likeness (QED) is 0.627. The van der Waals surface area contributed by atoms with Gasteiger partial charge >= 0.3 is 0 Å². The molecule has 0 aliphatic heterocycles. The number of hydrogen-bond acceptors (Lipinski definition) is 1. The summed E-state index contributed by atoms with van der Waals surface area (Å²) in [6.07, 6.45) is 0.474. The Morgan fingerprint density at radius 2 is 2.40 bits per heavy atom. The van der Waals surface area contributed by atoms with E-state index >= 15 is 0 Å². The summed E-state index contributed by atoms with van der Waals surface area (Å²) in [7, 11) is 0. The molecule has 0 aromatic rings. The first-order valence-electron chi connectivity index (χ1n) is 3.67. The van der Waals surface area contributed by atoms with Crippen LogP contribution in [0.25, 0.3) is 0 Å². The topological polar surface area (TPSA) is 29.1 Å². The lowest BCUT2D eigenvalue weighted by molar-refractivity contribution is -0.122. The van der Waals surface area contributed by atoms with E-state index in [1.165, 1.54) is 0 Å². The number of halogens is 1. The van der Waals surface area contributed by atoms with E-state index in [9.17, 15) is 9.18 Å². The fourth-order valence-electron chi connectivity index (χ4n) is 0.815. The maximum Gasteiger partial charge on any atom is 0.226 e. The zero-order valence-corrected chi connectivity index (χ0v) is 6.06. The molecular weight excluding hydrogens is 133 g/mol. The Balaban J connectivity index is 2.11. The molecule has 0 aromatic heterocycles. The molecule has 58 valence electrons. The van der Waals surface area contributed by atoms with Crippen LogP contribution in [0.15, 0.2) is 0 Å². The van der Waals surface area contributed by atoms with E-state index in [4.69, 9.17) is 0 Å². The van der Waals surface area contributed by atoms with Crippen molar-refractivity contribution in [1.82, 2.24) is 5.32 Å². The third kappa shape index (κ3) is 1.69. The van der Waals surface area contributed by atoms with Gasteiger partial charge in [-0.1, -0.05) is 6.92 Å². The van der Waals surface area contributed by atoms with Crippen molar-refractivity contribution in [2.24, 2.45) is 5.92 Å². The van der Waals surface area contributed by atoms with E-state index in [-0.39, 0.29) is 11.8 Å². The fourth-order valence-corrected chi connectivity index (χ4v) is 0.815. The Morgan fingerprint density at radius 1 is 1.80 bits per heavy atom. The molecule has 1 rings (SSSR count). The average molecular weight is 145 g/mol. The lowest BCUT2D eigenvalue weighted by atomic mass is 10.4. The number of rotatable bonds is 3. The molecule has 1 aliphatic rings. The maximum absolute atomic E-state index is 12.2. The van der Waals surface area contributed by atoms with Gasteiger partial charge in [-0.05, 0) is 12.8 Å². The van der Waals surface area contributed by atoms with Crippen molar-refractivity contribution < 1.29 is 9.18 Å². The second-order valence-electron chi connectivity index (χ2n) is 2.65. The Hall–Kier alpha value is -0.600. The molecule has 0 saturated heterocycles. The predicted molar refractivity (Wildman–Crippen MR) is 36.3 cm³/mol. The summed E-state index contributed by atoms with van der Waals surface area (Å²) >= 11 is 0. The fraction of sp³-hybridized carbons (Fsp3) is 0.857. The first-order chi connectivity index (χ1) is 4.75. The van der Waals surface area contributed by atoms with Gasteiger partial charge < -0.3 is 5.32 Å². The number of carbonyl (C=O) groups is 1. The zero-order chi connectivity index (χ0) is 7.56. The van der Waals surface area contributed by atoms with Crippen LogP contribution in [0.2, 0.25) is 0 Å². The number of carbonyl (C=O) groups excluding carboxylic acids is 1. The zero-order valence-electron chi connectivity index (χ0n) is 6.06. The molecule has 1 fully saturated rings. The van der Waals surface area contributed by atoms with Gasteiger partial charge in [0.05, 0.1) is 5.92 Å². The number of alkyl halides is 1. The van der Waals surface area contributed by atoms with Crippen LogP contribution in [0.5, 0.6) is 0 Å². The normalized spacial score (nSPS) is 29.8. The van der Waals surface area contributed by atoms with Crippen LogP contribution in [0.1, 0.15) is 19.8 Å². The van der Waals surface area contributed by atoms with Gasteiger partial charge in [0.1, 0.15) is 6.17 Å². The van der Waals surface area contributed by atoms with Crippen molar-refractivity contribution in [3.63, 3.8) is 0 Å². The third-order valence-electron chi connectivity index (χ3n) is 1.60. The summed E-state index contributed by atoms with van der Waals surface area (Å²) in [6.45, 7) is 2.64. The highest BCUT2D eigenvalue weighted by Gasteiger charge is 2.43. The molecule has 3 heteroatoms. The summed E-state index contributed by atoms with van der Waals surface area (Å²) in [5, 5.41) is 2.65. The van der Waals surface area contributed by atoms with Crippen molar-refractivity contribution in [2.45, 2.75) is 25.9 Å². The van der Waals surface area contributed by atoms with Crippen LogP contribution in [0, 0.1) is 5.92 Å². The van der Waals surface area contributed by atoms with E-state index in [1.54, 1.807) is 0 Å². The largest absolute Gasteiger partial charge is 0.356 e. The molecule has 0 bridgehead atoms. The summed E-state index contributed by atoms with van der Waals surface area (Å²) < 4.78 is 12.2. The first kappa shape index (κ1) is 7.51. The van der Waals surface area contributed by atoms with Crippen molar-refractivity contribution >= 4 is 5.91 Å².